The minimum absolute atomic E-state index is 0.170. The number of aromatic nitrogens is 3. The summed E-state index contributed by atoms with van der Waals surface area (Å²) in [5.74, 6) is 1.56. The molecule has 5 nitrogen and oxygen atoms in total. The Labute approximate surface area is 107 Å². The summed E-state index contributed by atoms with van der Waals surface area (Å²) in [6, 6.07) is 0. The first-order valence-corrected chi connectivity index (χ1v) is 6.70. The van der Waals surface area contributed by atoms with E-state index in [0.29, 0.717) is 12.4 Å². The molecule has 0 bridgehead atoms. The maximum atomic E-state index is 12.2. The van der Waals surface area contributed by atoms with Gasteiger partial charge < -0.3 is 4.74 Å². The Morgan fingerprint density at radius 3 is 2.61 bits per heavy atom. The number of hydrogen-bond acceptors (Lipinski definition) is 4. The van der Waals surface area contributed by atoms with E-state index >= 15 is 0 Å². The number of carbonyl (C=O) groups is 1. The van der Waals surface area contributed by atoms with Gasteiger partial charge in [0.1, 0.15) is 11.2 Å². The van der Waals surface area contributed by atoms with Crippen LogP contribution in [0, 0.1) is 0 Å². The highest BCUT2D eigenvalue weighted by Gasteiger charge is 2.47. The number of nitrogens with zero attached hydrogens (tertiary/aromatic N) is 2. The number of hydrogen-bond donors (Lipinski definition) is 1. The molecule has 0 radical (unpaired) electrons. The highest BCUT2D eigenvalue weighted by molar-refractivity contribution is 5.82. The van der Waals surface area contributed by atoms with Gasteiger partial charge in [0, 0.05) is 5.92 Å². The lowest BCUT2D eigenvalue weighted by molar-refractivity contribution is -0.150. The summed E-state index contributed by atoms with van der Waals surface area (Å²) in [4.78, 5) is 16.7. The summed E-state index contributed by atoms with van der Waals surface area (Å²) in [5, 5.41) is 7.19. The third kappa shape index (κ3) is 2.13. The summed E-state index contributed by atoms with van der Waals surface area (Å²) in [5.41, 5.74) is -0.611. The molecule has 100 valence electrons. The van der Waals surface area contributed by atoms with Crippen LogP contribution < -0.4 is 0 Å². The van der Waals surface area contributed by atoms with Crippen LogP contribution in [0.4, 0.5) is 0 Å². The third-order valence-electron chi connectivity index (χ3n) is 3.60. The minimum Gasteiger partial charge on any atom is -0.465 e. The summed E-state index contributed by atoms with van der Waals surface area (Å²) in [7, 11) is 0. The van der Waals surface area contributed by atoms with E-state index < -0.39 is 5.41 Å². The van der Waals surface area contributed by atoms with Gasteiger partial charge in [0.25, 0.3) is 0 Å². The number of nitrogens with one attached hydrogen (secondary N) is 1. The summed E-state index contributed by atoms with van der Waals surface area (Å²) in [6.07, 6.45) is 3.65. The number of H-pyrrole nitrogens is 1. The van der Waals surface area contributed by atoms with Gasteiger partial charge in [0.05, 0.1) is 6.61 Å². The van der Waals surface area contributed by atoms with E-state index in [4.69, 9.17) is 4.74 Å². The van der Waals surface area contributed by atoms with Crippen molar-refractivity contribution in [1.82, 2.24) is 15.2 Å². The number of carbonyl (C=O) groups excluding carboxylic acids is 1. The van der Waals surface area contributed by atoms with Crippen LogP contribution in [0.5, 0.6) is 0 Å². The van der Waals surface area contributed by atoms with Crippen LogP contribution >= 0.6 is 0 Å². The van der Waals surface area contributed by atoms with E-state index in [1.54, 1.807) is 0 Å². The second-order valence-corrected chi connectivity index (χ2v) is 5.21. The molecule has 1 heterocycles. The number of esters is 1. The Hall–Kier alpha value is -1.39. The van der Waals surface area contributed by atoms with Crippen molar-refractivity contribution >= 4 is 5.97 Å². The Bertz CT molecular complexity index is 420. The van der Waals surface area contributed by atoms with Crippen molar-refractivity contribution in [2.75, 3.05) is 6.61 Å². The molecule has 0 aromatic carbocycles. The Morgan fingerprint density at radius 2 is 2.11 bits per heavy atom. The summed E-state index contributed by atoms with van der Waals surface area (Å²) in [6.45, 7) is 6.34. The quantitative estimate of drug-likeness (QED) is 0.834. The molecule has 0 amide bonds. The Kier molecular flexibility index (Phi) is 3.68. The van der Waals surface area contributed by atoms with E-state index in [0.717, 1.165) is 31.5 Å². The first-order chi connectivity index (χ1) is 8.60. The predicted octanol–water partition coefficient (Wildman–Crippen LogP) is 2.30. The average molecular weight is 251 g/mol. The molecular formula is C13H21N3O2. The van der Waals surface area contributed by atoms with Crippen molar-refractivity contribution in [1.29, 1.82) is 0 Å². The maximum Gasteiger partial charge on any atom is 0.319 e. The van der Waals surface area contributed by atoms with Crippen LogP contribution in [0.25, 0.3) is 0 Å². The highest BCUT2D eigenvalue weighted by Crippen LogP contribution is 2.40. The molecule has 0 unspecified atom stereocenters. The zero-order chi connectivity index (χ0) is 13.2. The average Bonchev–Trinajstić information content (AvgIpc) is 2.99. The molecule has 1 N–H and O–H groups in total. The Balaban J connectivity index is 2.31. The Morgan fingerprint density at radius 1 is 1.44 bits per heavy atom. The number of ether oxygens (including phenoxy) is 1. The maximum absolute atomic E-state index is 12.2. The molecule has 1 saturated carbocycles. The first-order valence-electron chi connectivity index (χ1n) is 6.70. The predicted molar refractivity (Wildman–Crippen MR) is 67.3 cm³/mol. The van der Waals surface area contributed by atoms with E-state index in [1.165, 1.54) is 0 Å². The lowest BCUT2D eigenvalue weighted by Gasteiger charge is -2.22. The highest BCUT2D eigenvalue weighted by atomic mass is 16.5. The molecule has 1 fully saturated rings. The van der Waals surface area contributed by atoms with Crippen molar-refractivity contribution < 1.29 is 9.53 Å². The topological polar surface area (TPSA) is 67.9 Å². The number of aromatic amines is 1. The van der Waals surface area contributed by atoms with Gasteiger partial charge in [-0.15, -0.1) is 0 Å². The fourth-order valence-electron chi connectivity index (χ4n) is 2.51. The van der Waals surface area contributed by atoms with E-state index in [-0.39, 0.29) is 11.9 Å². The smallest absolute Gasteiger partial charge is 0.319 e. The van der Waals surface area contributed by atoms with Crippen LogP contribution in [-0.2, 0) is 14.9 Å². The van der Waals surface area contributed by atoms with Crippen LogP contribution in [0.1, 0.15) is 64.0 Å². The molecule has 0 spiro atoms. The zero-order valence-electron chi connectivity index (χ0n) is 11.3. The van der Waals surface area contributed by atoms with Gasteiger partial charge in [-0.3, -0.25) is 9.89 Å². The first kappa shape index (κ1) is 13.1. The van der Waals surface area contributed by atoms with Crippen LogP contribution in [0.2, 0.25) is 0 Å². The monoisotopic (exact) mass is 251 g/mol. The molecular weight excluding hydrogens is 230 g/mol. The largest absolute Gasteiger partial charge is 0.465 e. The fraction of sp³-hybridized carbons (Fsp3) is 0.769. The molecule has 0 saturated heterocycles. The summed E-state index contributed by atoms with van der Waals surface area (Å²) < 4.78 is 5.22. The fourth-order valence-corrected chi connectivity index (χ4v) is 2.51. The zero-order valence-corrected chi connectivity index (χ0v) is 11.3. The third-order valence-corrected chi connectivity index (χ3v) is 3.60. The normalized spacial score (nSPS) is 18.2. The lowest BCUT2D eigenvalue weighted by atomic mass is 9.85. The van der Waals surface area contributed by atoms with E-state index in [2.05, 4.69) is 29.0 Å². The standard InChI is InChI=1S/C13H21N3O2/c1-4-18-12(17)13(7-5-6-8-13)11-14-10(9(2)3)15-16-11/h9H,4-8H2,1-3H3,(H,14,15,16). The molecule has 0 aliphatic heterocycles. The van der Waals surface area contributed by atoms with Crippen molar-refractivity contribution in [3.05, 3.63) is 11.6 Å². The molecule has 1 aliphatic rings. The molecule has 5 heteroatoms. The van der Waals surface area contributed by atoms with Gasteiger partial charge in [-0.05, 0) is 19.8 Å². The van der Waals surface area contributed by atoms with Gasteiger partial charge in [0.15, 0.2) is 5.82 Å². The van der Waals surface area contributed by atoms with E-state index in [9.17, 15) is 4.79 Å². The van der Waals surface area contributed by atoms with Crippen molar-refractivity contribution in [3.8, 4) is 0 Å². The molecule has 1 aromatic heterocycles. The van der Waals surface area contributed by atoms with Crippen LogP contribution in [0.3, 0.4) is 0 Å². The molecule has 1 aromatic rings. The second-order valence-electron chi connectivity index (χ2n) is 5.21. The molecule has 18 heavy (non-hydrogen) atoms. The van der Waals surface area contributed by atoms with Crippen molar-refractivity contribution in [2.45, 2.75) is 57.8 Å². The van der Waals surface area contributed by atoms with Crippen molar-refractivity contribution in [2.24, 2.45) is 0 Å². The SMILES string of the molecule is CCOC(=O)C1(c2n[nH]c(C(C)C)n2)CCCC1. The van der Waals surface area contributed by atoms with Gasteiger partial charge >= 0.3 is 5.97 Å². The van der Waals surface area contributed by atoms with Gasteiger partial charge in [0.2, 0.25) is 0 Å². The van der Waals surface area contributed by atoms with Crippen LogP contribution in [-0.4, -0.2) is 27.8 Å². The molecule has 1 aliphatic carbocycles. The van der Waals surface area contributed by atoms with Crippen LogP contribution in [0.15, 0.2) is 0 Å². The van der Waals surface area contributed by atoms with Gasteiger partial charge in [-0.1, -0.05) is 26.7 Å². The molecule has 2 rings (SSSR count). The summed E-state index contributed by atoms with van der Waals surface area (Å²) >= 11 is 0. The lowest BCUT2D eigenvalue weighted by Crippen LogP contribution is -2.36. The minimum atomic E-state index is -0.611. The van der Waals surface area contributed by atoms with E-state index in [1.807, 2.05) is 6.92 Å². The second kappa shape index (κ2) is 5.08. The number of rotatable bonds is 4. The van der Waals surface area contributed by atoms with Crippen molar-refractivity contribution in [3.63, 3.8) is 0 Å². The van der Waals surface area contributed by atoms with Gasteiger partial charge in [-0.2, -0.15) is 5.10 Å². The molecule has 0 atom stereocenters. The van der Waals surface area contributed by atoms with Gasteiger partial charge in [-0.25, -0.2) is 4.98 Å².